The molecule has 0 spiro atoms. The molecule has 0 saturated heterocycles. The van der Waals surface area contributed by atoms with Gasteiger partial charge in [-0.2, -0.15) is 0 Å². The van der Waals surface area contributed by atoms with Gasteiger partial charge in [0.1, 0.15) is 0 Å². The Kier molecular flexibility index (Phi) is 2.69. The Bertz CT molecular complexity index is 674. The van der Waals surface area contributed by atoms with Gasteiger partial charge in [-0.25, -0.2) is 0 Å². The Balaban J connectivity index is 1.96. The number of nitrogens with one attached hydrogen (secondary N) is 1. The molecule has 2 aliphatic carbocycles. The first kappa shape index (κ1) is 12.9. The molecule has 1 N–H and O–H groups in total. The third-order valence-electron chi connectivity index (χ3n) is 5.84. The first-order valence-electron chi connectivity index (χ1n) is 8.11. The van der Waals surface area contributed by atoms with Crippen LogP contribution in [0.3, 0.4) is 0 Å². The van der Waals surface area contributed by atoms with Gasteiger partial charge in [-0.15, -0.1) is 0 Å². The Morgan fingerprint density at radius 1 is 0.667 bits per heavy atom. The van der Waals surface area contributed by atoms with Gasteiger partial charge in [-0.05, 0) is 22.8 Å². The molecule has 4 atom stereocenters. The van der Waals surface area contributed by atoms with Crippen molar-refractivity contribution in [3.63, 3.8) is 0 Å². The van der Waals surface area contributed by atoms with Gasteiger partial charge in [-0.1, -0.05) is 63.1 Å². The second kappa shape index (κ2) is 4.37. The fourth-order valence-electron chi connectivity index (χ4n) is 4.85. The van der Waals surface area contributed by atoms with Crippen LogP contribution in [0.15, 0.2) is 47.7 Å². The van der Waals surface area contributed by atoms with E-state index in [4.69, 9.17) is 0 Å². The molecular weight excluding hydrogens is 254 g/mol. The van der Waals surface area contributed by atoms with E-state index in [-0.39, 0.29) is 0 Å². The molecule has 1 nitrogen and oxygen atoms in total. The summed E-state index contributed by atoms with van der Waals surface area (Å²) in [6.45, 7) is 9.52. The maximum atomic E-state index is 3.50. The van der Waals surface area contributed by atoms with E-state index < -0.39 is 0 Å². The maximum absolute atomic E-state index is 3.50. The van der Waals surface area contributed by atoms with Crippen molar-refractivity contribution in [1.29, 1.82) is 0 Å². The summed E-state index contributed by atoms with van der Waals surface area (Å²) in [5.41, 5.74) is 9.31. The normalized spacial score (nSPS) is 30.7. The molecule has 0 bridgehead atoms. The summed E-state index contributed by atoms with van der Waals surface area (Å²) in [5.74, 6) is 2.10. The van der Waals surface area contributed by atoms with E-state index in [1.807, 2.05) is 0 Å². The molecule has 0 saturated carbocycles. The quantitative estimate of drug-likeness (QED) is 0.616. The molecule has 108 valence electrons. The summed E-state index contributed by atoms with van der Waals surface area (Å²) >= 11 is 0. The number of hydrogen-bond donors (Lipinski definition) is 1. The lowest BCUT2D eigenvalue weighted by molar-refractivity contribution is 0.596. The molecule has 0 aliphatic heterocycles. The standard InChI is InChI=1S/C20H23N/c1-11-15-7-5-6-8-16(15)12(2)19-14(4)20-17(9-10-21-20)13(3)18(11)19/h5-14,21H,1-4H3. The van der Waals surface area contributed by atoms with E-state index in [0.717, 1.165) is 0 Å². The van der Waals surface area contributed by atoms with Crippen molar-refractivity contribution in [3.8, 4) is 0 Å². The molecule has 4 unspecified atom stereocenters. The van der Waals surface area contributed by atoms with E-state index in [2.05, 4.69) is 69.2 Å². The zero-order valence-corrected chi connectivity index (χ0v) is 13.3. The highest BCUT2D eigenvalue weighted by Crippen LogP contribution is 2.55. The lowest BCUT2D eigenvalue weighted by atomic mass is 9.63. The number of aromatic nitrogens is 1. The molecule has 0 amide bonds. The molecule has 4 rings (SSSR count). The van der Waals surface area contributed by atoms with Crippen molar-refractivity contribution in [3.05, 3.63) is 70.1 Å². The molecule has 2 aliphatic rings. The number of fused-ring (bicyclic) bond motifs is 2. The Labute approximate surface area is 127 Å². The van der Waals surface area contributed by atoms with Crippen LogP contribution in [0.4, 0.5) is 0 Å². The second-order valence-electron chi connectivity index (χ2n) is 6.77. The van der Waals surface area contributed by atoms with Crippen LogP contribution in [0, 0.1) is 0 Å². The fraction of sp³-hybridized carbons (Fsp3) is 0.400. The minimum atomic E-state index is 0.506. The van der Waals surface area contributed by atoms with Gasteiger partial charge >= 0.3 is 0 Å². The van der Waals surface area contributed by atoms with Gasteiger partial charge in [0.05, 0.1) is 0 Å². The van der Waals surface area contributed by atoms with E-state index in [0.29, 0.717) is 23.7 Å². The average Bonchev–Trinajstić information content (AvgIpc) is 2.98. The number of aromatic amines is 1. The third kappa shape index (κ3) is 1.58. The maximum Gasteiger partial charge on any atom is 0.0255 e. The highest BCUT2D eigenvalue weighted by atomic mass is 14.7. The third-order valence-corrected chi connectivity index (χ3v) is 5.84. The van der Waals surface area contributed by atoms with Crippen LogP contribution in [-0.2, 0) is 0 Å². The minimum Gasteiger partial charge on any atom is -0.364 e. The van der Waals surface area contributed by atoms with E-state index in [1.165, 1.54) is 22.4 Å². The lowest BCUT2D eigenvalue weighted by Gasteiger charge is -2.42. The summed E-state index contributed by atoms with van der Waals surface area (Å²) in [4.78, 5) is 3.50. The molecule has 0 fully saturated rings. The predicted octanol–water partition coefficient (Wildman–Crippen LogP) is 5.45. The van der Waals surface area contributed by atoms with Gasteiger partial charge in [0.2, 0.25) is 0 Å². The zero-order valence-electron chi connectivity index (χ0n) is 13.3. The summed E-state index contributed by atoms with van der Waals surface area (Å²) in [6, 6.07) is 11.3. The number of H-pyrrole nitrogens is 1. The fourth-order valence-corrected chi connectivity index (χ4v) is 4.85. The van der Waals surface area contributed by atoms with Crippen LogP contribution in [-0.4, -0.2) is 4.98 Å². The Morgan fingerprint density at radius 2 is 1.19 bits per heavy atom. The molecule has 21 heavy (non-hydrogen) atoms. The monoisotopic (exact) mass is 277 g/mol. The van der Waals surface area contributed by atoms with Crippen molar-refractivity contribution >= 4 is 0 Å². The van der Waals surface area contributed by atoms with Gasteiger partial charge in [0.15, 0.2) is 0 Å². The Hall–Kier alpha value is -1.76. The predicted molar refractivity (Wildman–Crippen MR) is 87.9 cm³/mol. The number of rotatable bonds is 0. The first-order valence-corrected chi connectivity index (χ1v) is 8.11. The van der Waals surface area contributed by atoms with E-state index in [9.17, 15) is 0 Å². The van der Waals surface area contributed by atoms with Crippen LogP contribution in [0.5, 0.6) is 0 Å². The van der Waals surface area contributed by atoms with Crippen LogP contribution >= 0.6 is 0 Å². The van der Waals surface area contributed by atoms with Crippen molar-refractivity contribution in [2.45, 2.75) is 51.4 Å². The number of benzene rings is 1. The number of allylic oxidation sites excluding steroid dienone is 2. The smallest absolute Gasteiger partial charge is 0.0255 e. The van der Waals surface area contributed by atoms with Crippen molar-refractivity contribution in [1.82, 2.24) is 4.98 Å². The number of hydrogen-bond acceptors (Lipinski definition) is 0. The minimum absolute atomic E-state index is 0.506. The molecule has 0 radical (unpaired) electrons. The van der Waals surface area contributed by atoms with Crippen LogP contribution in [0.1, 0.15) is 73.8 Å². The van der Waals surface area contributed by atoms with Crippen molar-refractivity contribution < 1.29 is 0 Å². The van der Waals surface area contributed by atoms with Gasteiger partial charge < -0.3 is 4.98 Å². The molecule has 1 aromatic carbocycles. The Morgan fingerprint density at radius 3 is 1.81 bits per heavy atom. The van der Waals surface area contributed by atoms with Crippen molar-refractivity contribution in [2.75, 3.05) is 0 Å². The summed E-state index contributed by atoms with van der Waals surface area (Å²) in [5, 5.41) is 0. The average molecular weight is 277 g/mol. The lowest BCUT2D eigenvalue weighted by Crippen LogP contribution is -2.26. The summed E-state index contributed by atoms with van der Waals surface area (Å²) < 4.78 is 0. The topological polar surface area (TPSA) is 15.8 Å². The largest absolute Gasteiger partial charge is 0.364 e. The van der Waals surface area contributed by atoms with Crippen LogP contribution in [0.25, 0.3) is 0 Å². The van der Waals surface area contributed by atoms with E-state index in [1.54, 1.807) is 11.1 Å². The highest BCUT2D eigenvalue weighted by Gasteiger charge is 2.39. The summed E-state index contributed by atoms with van der Waals surface area (Å²) in [6.07, 6.45) is 2.11. The first-order chi connectivity index (χ1) is 10.1. The van der Waals surface area contributed by atoms with Gasteiger partial charge in [0.25, 0.3) is 0 Å². The van der Waals surface area contributed by atoms with Crippen molar-refractivity contribution in [2.24, 2.45) is 0 Å². The molecule has 2 aromatic rings. The van der Waals surface area contributed by atoms with Crippen LogP contribution < -0.4 is 0 Å². The van der Waals surface area contributed by atoms with Gasteiger partial charge in [0, 0.05) is 35.6 Å². The van der Waals surface area contributed by atoms with Crippen LogP contribution in [0.2, 0.25) is 0 Å². The van der Waals surface area contributed by atoms with E-state index >= 15 is 0 Å². The molecule has 1 aromatic heterocycles. The highest BCUT2D eigenvalue weighted by molar-refractivity contribution is 5.57. The zero-order chi connectivity index (χ0) is 14.7. The molecule has 1 heteroatoms. The summed E-state index contributed by atoms with van der Waals surface area (Å²) in [7, 11) is 0. The molecule has 1 heterocycles. The SMILES string of the molecule is CC1C2=C(C(C)c3ccccc31)C(C)c1[nH]ccc1C2C. The second-order valence-corrected chi connectivity index (χ2v) is 6.77. The van der Waals surface area contributed by atoms with Gasteiger partial charge in [-0.3, -0.25) is 0 Å². The molecular formula is C20H23N.